The average Bonchev–Trinajstić information content (AvgIpc) is 2.35. The lowest BCUT2D eigenvalue weighted by molar-refractivity contribution is -0.167. The van der Waals surface area contributed by atoms with Crippen molar-refractivity contribution < 1.29 is 29.0 Å². The molecule has 0 spiro atoms. The smallest absolute Gasteiger partial charge is 0.321 e. The van der Waals surface area contributed by atoms with Crippen molar-refractivity contribution in [2.45, 2.75) is 13.8 Å². The van der Waals surface area contributed by atoms with Crippen molar-refractivity contribution in [3.63, 3.8) is 0 Å². The number of carbonyl (C=O) groups is 4. The quantitative estimate of drug-likeness (QED) is 0.385. The Labute approximate surface area is 109 Å². The van der Waals surface area contributed by atoms with Gasteiger partial charge in [0.05, 0.1) is 13.1 Å². The lowest BCUT2D eigenvalue weighted by atomic mass is 10.2. The fraction of sp³-hybridized carbons (Fsp3) is 0.636. The summed E-state index contributed by atoms with van der Waals surface area (Å²) in [5.74, 6) is -4.56. The Bertz CT molecular complexity index is 390. The van der Waals surface area contributed by atoms with Crippen LogP contribution in [0.1, 0.15) is 13.8 Å². The number of carboxylic acids is 1. The molecule has 0 aromatic heterocycles. The first-order valence-electron chi connectivity index (χ1n) is 5.81. The second-order valence-corrected chi connectivity index (χ2v) is 4.17. The lowest BCUT2D eigenvalue weighted by Crippen LogP contribution is -2.54. The number of likely N-dealkylation sites (N-methyl/N-ethyl adjacent to an activating group) is 1. The predicted octanol–water partition coefficient (Wildman–Crippen LogP) is -1.10. The number of carbonyl (C=O) groups excluding carboxylic acids is 3. The summed E-state index contributed by atoms with van der Waals surface area (Å²) in [7, 11) is 0. The Morgan fingerprint density at radius 1 is 1.32 bits per heavy atom. The second-order valence-electron chi connectivity index (χ2n) is 4.17. The van der Waals surface area contributed by atoms with Crippen LogP contribution >= 0.6 is 0 Å². The van der Waals surface area contributed by atoms with Gasteiger partial charge >= 0.3 is 11.9 Å². The minimum atomic E-state index is -1.33. The maximum Gasteiger partial charge on any atom is 0.321 e. The molecule has 0 aromatic rings. The van der Waals surface area contributed by atoms with Crippen molar-refractivity contribution in [2.24, 2.45) is 5.92 Å². The summed E-state index contributed by atoms with van der Waals surface area (Å²) < 4.78 is 4.66. The van der Waals surface area contributed by atoms with Crippen LogP contribution < -0.4 is 0 Å². The van der Waals surface area contributed by atoms with Gasteiger partial charge in [-0.15, -0.1) is 0 Å². The van der Waals surface area contributed by atoms with Gasteiger partial charge in [-0.1, -0.05) is 6.92 Å². The number of carboxylic acid groups (broad SMARTS) is 1. The first kappa shape index (κ1) is 15.1. The SMILES string of the molecule is CCN1CC(=O)N(COC(=O)C(C)C(=O)O)C(=O)C1. The van der Waals surface area contributed by atoms with Crippen molar-refractivity contribution in [3.8, 4) is 0 Å². The lowest BCUT2D eigenvalue weighted by Gasteiger charge is -2.31. The van der Waals surface area contributed by atoms with Gasteiger partial charge in [-0.05, 0) is 13.5 Å². The van der Waals surface area contributed by atoms with E-state index in [1.165, 1.54) is 6.92 Å². The average molecular weight is 272 g/mol. The Balaban J connectivity index is 2.54. The number of rotatable bonds is 5. The van der Waals surface area contributed by atoms with Crippen molar-refractivity contribution in [1.29, 1.82) is 0 Å². The molecule has 0 radical (unpaired) electrons. The standard InChI is InChI=1S/C11H16N2O6/c1-3-12-4-8(14)13(9(15)5-12)6-19-11(18)7(2)10(16)17/h7H,3-6H2,1-2H3,(H,16,17). The highest BCUT2D eigenvalue weighted by molar-refractivity contribution is 5.99. The van der Waals surface area contributed by atoms with Crippen LogP contribution in [-0.4, -0.2) is 65.0 Å². The minimum Gasteiger partial charge on any atom is -0.481 e. The van der Waals surface area contributed by atoms with E-state index >= 15 is 0 Å². The number of amides is 2. The molecular formula is C11H16N2O6. The van der Waals surface area contributed by atoms with Crippen molar-refractivity contribution in [1.82, 2.24) is 9.80 Å². The Kier molecular flexibility index (Phi) is 4.99. The van der Waals surface area contributed by atoms with E-state index in [2.05, 4.69) is 4.74 Å². The van der Waals surface area contributed by atoms with Crippen LogP contribution in [0.4, 0.5) is 0 Å². The Morgan fingerprint density at radius 2 is 1.84 bits per heavy atom. The zero-order chi connectivity index (χ0) is 14.6. The van der Waals surface area contributed by atoms with Crippen LogP contribution in [0.5, 0.6) is 0 Å². The zero-order valence-corrected chi connectivity index (χ0v) is 10.8. The molecule has 1 heterocycles. The fourth-order valence-electron chi connectivity index (χ4n) is 1.47. The zero-order valence-electron chi connectivity index (χ0n) is 10.8. The van der Waals surface area contributed by atoms with Gasteiger partial charge < -0.3 is 9.84 Å². The van der Waals surface area contributed by atoms with E-state index in [1.807, 2.05) is 6.92 Å². The number of piperazine rings is 1. The normalized spacial score (nSPS) is 18.3. The van der Waals surface area contributed by atoms with Gasteiger partial charge in [0.1, 0.15) is 0 Å². The molecule has 1 rings (SSSR count). The fourth-order valence-corrected chi connectivity index (χ4v) is 1.47. The van der Waals surface area contributed by atoms with Crippen molar-refractivity contribution in [2.75, 3.05) is 26.4 Å². The molecule has 0 bridgehead atoms. The molecule has 106 valence electrons. The Morgan fingerprint density at radius 3 is 2.26 bits per heavy atom. The van der Waals surface area contributed by atoms with Gasteiger partial charge in [-0.3, -0.25) is 24.1 Å². The molecule has 1 aliphatic heterocycles. The molecule has 0 aliphatic carbocycles. The highest BCUT2D eigenvalue weighted by atomic mass is 16.5. The molecule has 19 heavy (non-hydrogen) atoms. The van der Waals surface area contributed by atoms with Crippen LogP contribution in [0, 0.1) is 5.92 Å². The molecular weight excluding hydrogens is 256 g/mol. The van der Waals surface area contributed by atoms with Crippen molar-refractivity contribution in [3.05, 3.63) is 0 Å². The summed E-state index contributed by atoms with van der Waals surface area (Å²) in [5, 5.41) is 8.61. The first-order chi connectivity index (χ1) is 8.86. The van der Waals surface area contributed by atoms with Gasteiger partial charge in [0.2, 0.25) is 11.8 Å². The van der Waals surface area contributed by atoms with Crippen LogP contribution in [0.25, 0.3) is 0 Å². The molecule has 0 aromatic carbocycles. The molecule has 1 N–H and O–H groups in total. The van der Waals surface area contributed by atoms with Gasteiger partial charge in [-0.25, -0.2) is 4.90 Å². The summed E-state index contributed by atoms with van der Waals surface area (Å²) in [5.41, 5.74) is 0. The van der Waals surface area contributed by atoms with Crippen LogP contribution in [-0.2, 0) is 23.9 Å². The molecule has 1 saturated heterocycles. The highest BCUT2D eigenvalue weighted by Gasteiger charge is 2.32. The summed E-state index contributed by atoms with van der Waals surface area (Å²) >= 11 is 0. The summed E-state index contributed by atoms with van der Waals surface area (Å²) in [6.45, 7) is 3.18. The van der Waals surface area contributed by atoms with E-state index in [0.717, 1.165) is 4.90 Å². The highest BCUT2D eigenvalue weighted by Crippen LogP contribution is 2.06. The van der Waals surface area contributed by atoms with Crippen LogP contribution in [0.3, 0.4) is 0 Å². The number of aliphatic carboxylic acids is 1. The van der Waals surface area contributed by atoms with E-state index in [-0.39, 0.29) is 13.1 Å². The molecule has 1 aliphatic rings. The molecule has 1 fully saturated rings. The third-order valence-corrected chi connectivity index (χ3v) is 2.83. The van der Waals surface area contributed by atoms with E-state index in [0.29, 0.717) is 6.54 Å². The van der Waals surface area contributed by atoms with E-state index in [1.54, 1.807) is 4.90 Å². The third-order valence-electron chi connectivity index (χ3n) is 2.83. The number of imide groups is 1. The molecule has 8 heteroatoms. The summed E-state index contributed by atoms with van der Waals surface area (Å²) in [4.78, 5) is 47.6. The molecule has 1 atom stereocenters. The van der Waals surface area contributed by atoms with E-state index < -0.39 is 36.4 Å². The number of hydrogen-bond donors (Lipinski definition) is 1. The molecule has 8 nitrogen and oxygen atoms in total. The largest absolute Gasteiger partial charge is 0.481 e. The van der Waals surface area contributed by atoms with E-state index in [9.17, 15) is 19.2 Å². The van der Waals surface area contributed by atoms with Crippen LogP contribution in [0.15, 0.2) is 0 Å². The predicted molar refractivity (Wildman–Crippen MR) is 61.7 cm³/mol. The number of nitrogens with zero attached hydrogens (tertiary/aromatic N) is 2. The molecule has 0 saturated carbocycles. The Hall–Kier alpha value is -1.96. The third kappa shape index (κ3) is 3.75. The molecule has 1 unspecified atom stereocenters. The summed E-state index contributed by atoms with van der Waals surface area (Å²) in [6.07, 6.45) is 0. The van der Waals surface area contributed by atoms with Crippen molar-refractivity contribution >= 4 is 23.8 Å². The first-order valence-corrected chi connectivity index (χ1v) is 5.81. The van der Waals surface area contributed by atoms with Gasteiger partial charge in [0, 0.05) is 0 Å². The van der Waals surface area contributed by atoms with Crippen LogP contribution in [0.2, 0.25) is 0 Å². The maximum absolute atomic E-state index is 11.6. The number of hydrogen-bond acceptors (Lipinski definition) is 6. The minimum absolute atomic E-state index is 0.0777. The second kappa shape index (κ2) is 6.28. The topological polar surface area (TPSA) is 104 Å². The summed E-state index contributed by atoms with van der Waals surface area (Å²) in [6, 6.07) is 0. The monoisotopic (exact) mass is 272 g/mol. The maximum atomic E-state index is 11.6. The number of esters is 1. The van der Waals surface area contributed by atoms with E-state index in [4.69, 9.17) is 5.11 Å². The van der Waals surface area contributed by atoms with Gasteiger partial charge in [0.25, 0.3) is 0 Å². The number of ether oxygens (including phenoxy) is 1. The van der Waals surface area contributed by atoms with Gasteiger partial charge in [0.15, 0.2) is 12.6 Å². The molecule has 2 amide bonds. The van der Waals surface area contributed by atoms with Gasteiger partial charge in [-0.2, -0.15) is 0 Å².